The maximum absolute atomic E-state index is 14.4. The largest absolute Gasteiger partial charge is 0.366 e. The van der Waals surface area contributed by atoms with Gasteiger partial charge in [-0.25, -0.2) is 22.8 Å². The maximum Gasteiger partial charge on any atom is 0.244 e. The molecule has 0 aliphatic carbocycles. The van der Waals surface area contributed by atoms with E-state index in [1.54, 1.807) is 35.2 Å². The molecule has 1 aliphatic heterocycles. The highest BCUT2D eigenvalue weighted by Gasteiger charge is 2.27. The van der Waals surface area contributed by atoms with Crippen LogP contribution in [0.3, 0.4) is 0 Å². The molecule has 1 aliphatic rings. The molecule has 1 saturated heterocycles. The summed E-state index contributed by atoms with van der Waals surface area (Å²) in [6, 6.07) is 8.13. The lowest BCUT2D eigenvalue weighted by Gasteiger charge is -2.31. The lowest BCUT2D eigenvalue weighted by molar-refractivity contribution is 0.222. The molecule has 0 atom stereocenters. The summed E-state index contributed by atoms with van der Waals surface area (Å²) in [6.45, 7) is 2.72. The van der Waals surface area contributed by atoms with E-state index in [1.165, 1.54) is 22.9 Å². The number of imidazole rings is 1. The van der Waals surface area contributed by atoms with Crippen molar-refractivity contribution in [1.82, 2.24) is 23.7 Å². The number of benzene rings is 1. The molecule has 10 heteroatoms. The summed E-state index contributed by atoms with van der Waals surface area (Å²) in [5.41, 5.74) is 1.17. The lowest BCUT2D eigenvalue weighted by atomic mass is 10.2. The molecule has 0 unspecified atom stereocenters. The number of pyridine rings is 1. The van der Waals surface area contributed by atoms with Crippen LogP contribution in [0.5, 0.6) is 0 Å². The number of nitrogens with one attached hydrogen (secondary N) is 1. The lowest BCUT2D eigenvalue weighted by Crippen LogP contribution is -2.47. The van der Waals surface area contributed by atoms with Crippen LogP contribution in [0.1, 0.15) is 5.56 Å². The van der Waals surface area contributed by atoms with Gasteiger partial charge in [-0.05, 0) is 36.9 Å². The number of hydrogen-bond acceptors (Lipinski definition) is 6. The third-order valence-electron chi connectivity index (χ3n) is 5.10. The topological polar surface area (TPSA) is 83.4 Å². The van der Waals surface area contributed by atoms with Crippen molar-refractivity contribution in [1.29, 1.82) is 0 Å². The molecule has 0 radical (unpaired) electrons. The Morgan fingerprint density at radius 3 is 2.57 bits per heavy atom. The second-order valence-electron chi connectivity index (χ2n) is 7.20. The molecular formula is C20H23FN6O2S. The second kappa shape index (κ2) is 8.50. The van der Waals surface area contributed by atoms with Crippen LogP contribution < -0.4 is 5.32 Å². The van der Waals surface area contributed by atoms with E-state index in [4.69, 9.17) is 0 Å². The highest BCUT2D eigenvalue weighted by atomic mass is 32.2. The van der Waals surface area contributed by atoms with Crippen LogP contribution in [-0.4, -0.2) is 65.4 Å². The van der Waals surface area contributed by atoms with Gasteiger partial charge in [-0.1, -0.05) is 6.07 Å². The zero-order valence-electron chi connectivity index (χ0n) is 16.6. The van der Waals surface area contributed by atoms with Crippen LogP contribution in [0.4, 0.5) is 10.2 Å². The predicted molar refractivity (Wildman–Crippen MR) is 111 cm³/mol. The minimum absolute atomic E-state index is 0.174. The van der Waals surface area contributed by atoms with Gasteiger partial charge >= 0.3 is 0 Å². The second-order valence-corrected chi connectivity index (χ2v) is 9.13. The van der Waals surface area contributed by atoms with Crippen LogP contribution in [0.15, 0.2) is 60.1 Å². The average Bonchev–Trinajstić information content (AvgIpc) is 3.27. The minimum Gasteiger partial charge on any atom is -0.366 e. The first-order valence-corrected chi connectivity index (χ1v) is 11.0. The molecule has 8 nitrogen and oxygen atoms in total. The molecule has 1 aromatic carbocycles. The SMILES string of the molecule is CN1CCN(S(=O)(=O)c2ccc(NCc3ccc(-n4ccnc4)c(F)c3)nc2)CC1. The van der Waals surface area contributed by atoms with Crippen LogP contribution in [0, 0.1) is 5.82 Å². The van der Waals surface area contributed by atoms with Crippen molar-refractivity contribution in [3.63, 3.8) is 0 Å². The van der Waals surface area contributed by atoms with Crippen LogP contribution in [0.25, 0.3) is 5.69 Å². The number of halogens is 1. The number of likely N-dealkylation sites (N-methyl/N-ethyl adjacent to an activating group) is 1. The van der Waals surface area contributed by atoms with Crippen molar-refractivity contribution in [2.45, 2.75) is 11.4 Å². The molecular weight excluding hydrogens is 407 g/mol. The van der Waals surface area contributed by atoms with E-state index in [0.717, 1.165) is 5.56 Å². The summed E-state index contributed by atoms with van der Waals surface area (Å²) in [7, 11) is -1.57. The van der Waals surface area contributed by atoms with Gasteiger partial charge in [-0.15, -0.1) is 0 Å². The Bertz CT molecular complexity index is 1090. The van der Waals surface area contributed by atoms with Crippen LogP contribution in [-0.2, 0) is 16.6 Å². The summed E-state index contributed by atoms with van der Waals surface area (Å²) in [4.78, 5) is 10.4. The van der Waals surface area contributed by atoms with Gasteiger partial charge in [-0.2, -0.15) is 4.31 Å². The summed E-state index contributed by atoms with van der Waals surface area (Å²) >= 11 is 0. The van der Waals surface area contributed by atoms with Gasteiger partial charge in [0.2, 0.25) is 10.0 Å². The Morgan fingerprint density at radius 1 is 1.13 bits per heavy atom. The number of anilines is 1. The number of nitrogens with zero attached hydrogens (tertiary/aromatic N) is 5. The summed E-state index contributed by atoms with van der Waals surface area (Å²) in [5, 5.41) is 3.09. The van der Waals surface area contributed by atoms with Gasteiger partial charge in [0.1, 0.15) is 16.5 Å². The summed E-state index contributed by atoms with van der Waals surface area (Å²) < 4.78 is 43.0. The van der Waals surface area contributed by atoms with Gasteiger partial charge in [0, 0.05) is 51.3 Å². The monoisotopic (exact) mass is 430 g/mol. The first-order valence-electron chi connectivity index (χ1n) is 9.59. The van der Waals surface area contributed by atoms with E-state index in [9.17, 15) is 12.8 Å². The Balaban J connectivity index is 1.40. The highest BCUT2D eigenvalue weighted by molar-refractivity contribution is 7.89. The Hall–Kier alpha value is -2.82. The van der Waals surface area contributed by atoms with Crippen molar-refractivity contribution in [3.05, 3.63) is 66.6 Å². The number of piperazine rings is 1. The molecule has 0 saturated carbocycles. The van der Waals surface area contributed by atoms with E-state index in [0.29, 0.717) is 44.2 Å². The van der Waals surface area contributed by atoms with E-state index < -0.39 is 10.0 Å². The van der Waals surface area contributed by atoms with Crippen molar-refractivity contribution < 1.29 is 12.8 Å². The molecule has 0 amide bonds. The molecule has 0 spiro atoms. The zero-order chi connectivity index (χ0) is 21.1. The Morgan fingerprint density at radius 2 is 1.93 bits per heavy atom. The standard InChI is InChI=1S/C20H23FN6O2S/c1-25-8-10-27(11-9-25)30(28,29)17-3-5-20(24-14-17)23-13-16-2-4-19(18(21)12-16)26-7-6-22-15-26/h2-7,12,14-15H,8-11,13H2,1H3,(H,23,24). The van der Waals surface area contributed by atoms with E-state index >= 15 is 0 Å². The molecule has 30 heavy (non-hydrogen) atoms. The molecule has 2 aromatic heterocycles. The normalized spacial score (nSPS) is 15.9. The number of rotatable bonds is 6. The van der Waals surface area contributed by atoms with Crippen molar-refractivity contribution >= 4 is 15.8 Å². The van der Waals surface area contributed by atoms with Crippen molar-refractivity contribution in [3.8, 4) is 5.69 Å². The number of sulfonamides is 1. The Kier molecular flexibility index (Phi) is 5.80. The molecule has 3 heterocycles. The highest BCUT2D eigenvalue weighted by Crippen LogP contribution is 2.19. The maximum atomic E-state index is 14.4. The van der Waals surface area contributed by atoms with Gasteiger partial charge in [-0.3, -0.25) is 0 Å². The third kappa shape index (κ3) is 4.35. The third-order valence-corrected chi connectivity index (χ3v) is 6.99. The van der Waals surface area contributed by atoms with Crippen LogP contribution in [0.2, 0.25) is 0 Å². The van der Waals surface area contributed by atoms with Gasteiger partial charge < -0.3 is 14.8 Å². The van der Waals surface area contributed by atoms with E-state index in [-0.39, 0.29) is 10.7 Å². The first-order chi connectivity index (χ1) is 14.4. The molecule has 1 fully saturated rings. The average molecular weight is 431 g/mol. The predicted octanol–water partition coefficient (Wildman–Crippen LogP) is 1.95. The van der Waals surface area contributed by atoms with Crippen LogP contribution >= 0.6 is 0 Å². The molecule has 0 bridgehead atoms. The molecule has 158 valence electrons. The fourth-order valence-electron chi connectivity index (χ4n) is 3.28. The number of aromatic nitrogens is 3. The van der Waals surface area contributed by atoms with E-state index in [2.05, 4.69) is 20.2 Å². The molecule has 3 aromatic rings. The van der Waals surface area contributed by atoms with Gasteiger partial charge in [0.25, 0.3) is 0 Å². The van der Waals surface area contributed by atoms with Crippen molar-refractivity contribution in [2.75, 3.05) is 38.5 Å². The van der Waals surface area contributed by atoms with E-state index in [1.807, 2.05) is 13.1 Å². The number of hydrogen-bond donors (Lipinski definition) is 1. The zero-order valence-corrected chi connectivity index (χ0v) is 17.4. The van der Waals surface area contributed by atoms with Gasteiger partial charge in [0.05, 0.1) is 12.0 Å². The first kappa shape index (κ1) is 20.5. The fourth-order valence-corrected chi connectivity index (χ4v) is 4.65. The fraction of sp³-hybridized carbons (Fsp3) is 0.300. The van der Waals surface area contributed by atoms with Gasteiger partial charge in [0.15, 0.2) is 0 Å². The summed E-state index contributed by atoms with van der Waals surface area (Å²) in [6.07, 6.45) is 6.17. The smallest absolute Gasteiger partial charge is 0.244 e. The quantitative estimate of drug-likeness (QED) is 0.644. The minimum atomic E-state index is -3.54. The molecule has 4 rings (SSSR count). The Labute approximate surface area is 175 Å². The summed E-state index contributed by atoms with van der Waals surface area (Å²) in [5.74, 6) is 0.167. The molecule has 1 N–H and O–H groups in total. The van der Waals surface area contributed by atoms with Crippen molar-refractivity contribution in [2.24, 2.45) is 0 Å².